The summed E-state index contributed by atoms with van der Waals surface area (Å²) >= 11 is 0. The van der Waals surface area contributed by atoms with Crippen LogP contribution in [-0.4, -0.2) is 29.4 Å². The van der Waals surface area contributed by atoms with Crippen molar-refractivity contribution in [3.8, 4) is 5.75 Å². The van der Waals surface area contributed by atoms with Gasteiger partial charge in [-0.3, -0.25) is 19.5 Å². The van der Waals surface area contributed by atoms with Crippen molar-refractivity contribution in [1.82, 2.24) is 10.3 Å². The minimum absolute atomic E-state index is 0.0589. The van der Waals surface area contributed by atoms with Crippen LogP contribution in [0.15, 0.2) is 79.1 Å². The first-order valence-electron chi connectivity index (χ1n) is 11.6. The molecule has 4 rings (SSSR count). The van der Waals surface area contributed by atoms with Crippen LogP contribution in [0.4, 0.5) is 10.1 Å². The first-order valence-corrected chi connectivity index (χ1v) is 11.6. The molecule has 2 aromatic carbocycles. The van der Waals surface area contributed by atoms with Gasteiger partial charge in [-0.1, -0.05) is 55.7 Å². The first-order chi connectivity index (χ1) is 16.6. The topological polar surface area (TPSA) is 71.5 Å². The molecule has 1 unspecified atom stereocenters. The van der Waals surface area contributed by atoms with Gasteiger partial charge in [-0.25, -0.2) is 4.39 Å². The molecule has 1 aromatic heterocycles. The molecule has 1 heterocycles. The number of carbonyl (C=O) groups is 2. The molecule has 1 N–H and O–H groups in total. The monoisotopic (exact) mass is 461 g/mol. The molecular weight excluding hydrogens is 433 g/mol. The van der Waals surface area contributed by atoms with Crippen molar-refractivity contribution in [3.05, 3.63) is 90.5 Å². The number of anilines is 1. The second-order valence-electron chi connectivity index (χ2n) is 8.38. The summed E-state index contributed by atoms with van der Waals surface area (Å²) in [6.07, 6.45) is 8.21. The lowest BCUT2D eigenvalue weighted by Crippen LogP contribution is -2.48. The van der Waals surface area contributed by atoms with Crippen LogP contribution in [0.1, 0.15) is 43.7 Å². The molecule has 1 aliphatic carbocycles. The highest BCUT2D eigenvalue weighted by atomic mass is 19.1. The average molecular weight is 462 g/mol. The SMILES string of the molecule is O=C(NC1CCCCC1)C(c1ccccc1)N(C(=O)COc1cccnc1)c1cccc(F)c1. The molecule has 3 aromatic rings. The normalized spacial score (nSPS) is 14.7. The van der Waals surface area contributed by atoms with Gasteiger partial charge < -0.3 is 10.1 Å². The Morgan fingerprint density at radius 1 is 1.03 bits per heavy atom. The zero-order valence-electron chi connectivity index (χ0n) is 18.9. The van der Waals surface area contributed by atoms with E-state index in [4.69, 9.17) is 4.74 Å². The molecule has 1 fully saturated rings. The highest BCUT2D eigenvalue weighted by Gasteiger charge is 2.34. The Morgan fingerprint density at radius 3 is 2.53 bits per heavy atom. The number of hydrogen-bond donors (Lipinski definition) is 1. The van der Waals surface area contributed by atoms with Crippen LogP contribution < -0.4 is 15.0 Å². The van der Waals surface area contributed by atoms with Crippen LogP contribution in [0, 0.1) is 5.82 Å². The highest BCUT2D eigenvalue weighted by molar-refractivity contribution is 6.02. The Balaban J connectivity index is 1.67. The number of ether oxygens (including phenoxy) is 1. The maximum absolute atomic E-state index is 14.2. The second kappa shape index (κ2) is 11.4. The predicted molar refractivity (Wildman–Crippen MR) is 128 cm³/mol. The molecule has 0 bridgehead atoms. The van der Waals surface area contributed by atoms with Gasteiger partial charge in [0.05, 0.1) is 6.20 Å². The number of halogens is 1. The van der Waals surface area contributed by atoms with Crippen molar-refractivity contribution in [1.29, 1.82) is 0 Å². The lowest BCUT2D eigenvalue weighted by atomic mass is 9.94. The number of aromatic nitrogens is 1. The van der Waals surface area contributed by atoms with Crippen molar-refractivity contribution < 1.29 is 18.7 Å². The molecule has 0 aliphatic heterocycles. The van der Waals surface area contributed by atoms with Gasteiger partial charge in [0.1, 0.15) is 17.6 Å². The molecule has 34 heavy (non-hydrogen) atoms. The molecule has 1 atom stereocenters. The van der Waals surface area contributed by atoms with Crippen LogP contribution in [0.25, 0.3) is 0 Å². The van der Waals surface area contributed by atoms with Crippen molar-refractivity contribution in [2.24, 2.45) is 0 Å². The molecule has 1 aliphatic rings. The van der Waals surface area contributed by atoms with Gasteiger partial charge in [-0.15, -0.1) is 0 Å². The summed E-state index contributed by atoms with van der Waals surface area (Å²) in [5, 5.41) is 3.13. The second-order valence-corrected chi connectivity index (χ2v) is 8.38. The fourth-order valence-corrected chi connectivity index (χ4v) is 4.29. The van der Waals surface area contributed by atoms with Gasteiger partial charge in [0.2, 0.25) is 5.91 Å². The number of nitrogens with zero attached hydrogens (tertiary/aromatic N) is 2. The Labute approximate surface area is 198 Å². The third-order valence-corrected chi connectivity index (χ3v) is 5.93. The van der Waals surface area contributed by atoms with Crippen molar-refractivity contribution in [2.45, 2.75) is 44.2 Å². The Kier molecular flexibility index (Phi) is 7.86. The lowest BCUT2D eigenvalue weighted by molar-refractivity contribution is -0.128. The summed E-state index contributed by atoms with van der Waals surface area (Å²) in [6, 6.07) is 17.3. The van der Waals surface area contributed by atoms with Crippen molar-refractivity contribution in [3.63, 3.8) is 0 Å². The third-order valence-electron chi connectivity index (χ3n) is 5.93. The summed E-state index contributed by atoms with van der Waals surface area (Å²) < 4.78 is 19.8. The van der Waals surface area contributed by atoms with Gasteiger partial charge in [0.25, 0.3) is 5.91 Å². The number of nitrogens with one attached hydrogen (secondary N) is 1. The van der Waals surface area contributed by atoms with E-state index < -0.39 is 17.8 Å². The molecule has 2 amide bonds. The molecule has 7 heteroatoms. The van der Waals surface area contributed by atoms with E-state index in [9.17, 15) is 14.0 Å². The van der Waals surface area contributed by atoms with E-state index in [-0.39, 0.29) is 24.2 Å². The fraction of sp³-hybridized carbons (Fsp3) is 0.296. The summed E-state index contributed by atoms with van der Waals surface area (Å²) in [5.74, 6) is -0.833. The maximum Gasteiger partial charge on any atom is 0.265 e. The molecule has 176 valence electrons. The fourth-order valence-electron chi connectivity index (χ4n) is 4.29. The summed E-state index contributed by atoms with van der Waals surface area (Å²) in [6.45, 7) is -0.331. The smallest absolute Gasteiger partial charge is 0.265 e. The molecule has 0 saturated heterocycles. The van der Waals surface area contributed by atoms with Gasteiger partial charge in [0.15, 0.2) is 6.61 Å². The van der Waals surface area contributed by atoms with E-state index in [0.29, 0.717) is 11.3 Å². The minimum Gasteiger partial charge on any atom is -0.482 e. The number of rotatable bonds is 8. The van der Waals surface area contributed by atoms with Crippen LogP contribution in [0.3, 0.4) is 0 Å². The molecule has 0 radical (unpaired) electrons. The van der Waals surface area contributed by atoms with Crippen molar-refractivity contribution >= 4 is 17.5 Å². The lowest BCUT2D eigenvalue weighted by Gasteiger charge is -2.33. The zero-order chi connectivity index (χ0) is 23.8. The molecular formula is C27H28FN3O3. The first kappa shape index (κ1) is 23.4. The number of amides is 2. The van der Waals surface area contributed by atoms with E-state index in [1.54, 1.807) is 36.5 Å². The van der Waals surface area contributed by atoms with Crippen LogP contribution in [0.5, 0.6) is 5.75 Å². The van der Waals surface area contributed by atoms with E-state index in [1.807, 2.05) is 18.2 Å². The van der Waals surface area contributed by atoms with Gasteiger partial charge in [-0.2, -0.15) is 0 Å². The zero-order valence-corrected chi connectivity index (χ0v) is 18.9. The van der Waals surface area contributed by atoms with Gasteiger partial charge in [-0.05, 0) is 48.7 Å². The number of hydrogen-bond acceptors (Lipinski definition) is 4. The maximum atomic E-state index is 14.2. The highest BCUT2D eigenvalue weighted by Crippen LogP contribution is 2.30. The van der Waals surface area contributed by atoms with Crippen LogP contribution >= 0.6 is 0 Å². The quantitative estimate of drug-likeness (QED) is 0.522. The number of pyridine rings is 1. The number of carbonyl (C=O) groups excluding carboxylic acids is 2. The van der Waals surface area contributed by atoms with Crippen LogP contribution in [0.2, 0.25) is 0 Å². The predicted octanol–water partition coefficient (Wildman–Crippen LogP) is 4.82. The van der Waals surface area contributed by atoms with E-state index in [0.717, 1.165) is 32.1 Å². The van der Waals surface area contributed by atoms with Gasteiger partial charge >= 0.3 is 0 Å². The molecule has 6 nitrogen and oxygen atoms in total. The average Bonchev–Trinajstić information content (AvgIpc) is 2.87. The summed E-state index contributed by atoms with van der Waals surface area (Å²) in [4.78, 5) is 32.5. The Morgan fingerprint density at radius 2 is 1.82 bits per heavy atom. The molecule has 1 saturated carbocycles. The standard InChI is InChI=1S/C27H28FN3O3/c28-21-11-7-14-23(17-21)31(25(32)19-34-24-15-8-16-29-18-24)26(20-9-3-1-4-10-20)27(33)30-22-12-5-2-6-13-22/h1,3-4,7-11,14-18,22,26H,2,5-6,12-13,19H2,(H,30,33). The van der Waals surface area contributed by atoms with E-state index >= 15 is 0 Å². The summed E-state index contributed by atoms with van der Waals surface area (Å²) in [5.41, 5.74) is 0.919. The van der Waals surface area contributed by atoms with E-state index in [1.165, 1.54) is 29.3 Å². The Bertz CT molecular complexity index is 1090. The molecule has 0 spiro atoms. The van der Waals surface area contributed by atoms with E-state index in [2.05, 4.69) is 10.3 Å². The third kappa shape index (κ3) is 5.98. The van der Waals surface area contributed by atoms with Crippen molar-refractivity contribution in [2.75, 3.05) is 11.5 Å². The summed E-state index contributed by atoms with van der Waals surface area (Å²) in [7, 11) is 0. The number of benzene rings is 2. The van der Waals surface area contributed by atoms with Crippen LogP contribution in [-0.2, 0) is 9.59 Å². The minimum atomic E-state index is -0.977. The Hall–Kier alpha value is -3.74. The largest absolute Gasteiger partial charge is 0.482 e. The van der Waals surface area contributed by atoms with Gasteiger partial charge in [0, 0.05) is 17.9 Å².